The van der Waals surface area contributed by atoms with Gasteiger partial charge in [0.25, 0.3) is 0 Å². The van der Waals surface area contributed by atoms with Crippen LogP contribution in [0.3, 0.4) is 0 Å². The van der Waals surface area contributed by atoms with Crippen LogP contribution in [0.2, 0.25) is 0 Å². The first-order chi connectivity index (χ1) is 8.61. The number of benzene rings is 1. The van der Waals surface area contributed by atoms with Crippen molar-refractivity contribution in [3.05, 3.63) is 47.8 Å². The van der Waals surface area contributed by atoms with Crippen molar-refractivity contribution < 1.29 is 8.78 Å². The quantitative estimate of drug-likeness (QED) is 0.903. The number of hydrogen-bond acceptors (Lipinski definition) is 2. The summed E-state index contributed by atoms with van der Waals surface area (Å²) in [4.78, 5) is 0. The molecular weight excluding hydrogens is 236 g/mol. The van der Waals surface area contributed by atoms with Crippen molar-refractivity contribution in [2.75, 3.05) is 5.32 Å². The summed E-state index contributed by atoms with van der Waals surface area (Å²) in [6.07, 6.45) is 3.60. The normalized spacial score (nSPS) is 12.4. The Hall–Kier alpha value is -1.91. The van der Waals surface area contributed by atoms with Crippen LogP contribution >= 0.6 is 0 Å². The van der Waals surface area contributed by atoms with Crippen molar-refractivity contribution in [1.82, 2.24) is 9.78 Å². The second-order valence-electron chi connectivity index (χ2n) is 4.10. The summed E-state index contributed by atoms with van der Waals surface area (Å²) < 4.78 is 28.3. The highest BCUT2D eigenvalue weighted by Crippen LogP contribution is 2.22. The zero-order valence-electron chi connectivity index (χ0n) is 10.3. The van der Waals surface area contributed by atoms with E-state index in [9.17, 15) is 8.78 Å². The summed E-state index contributed by atoms with van der Waals surface area (Å²) in [5, 5.41) is 7.08. The summed E-state index contributed by atoms with van der Waals surface area (Å²) in [6.45, 7) is 4.64. The number of nitrogens with zero attached hydrogens (tertiary/aromatic N) is 2. The maximum absolute atomic E-state index is 13.5. The second-order valence-corrected chi connectivity index (χ2v) is 4.10. The molecule has 0 aliphatic rings. The molecule has 0 aliphatic heterocycles. The fraction of sp³-hybridized carbons (Fsp3) is 0.308. The van der Waals surface area contributed by atoms with E-state index in [1.165, 1.54) is 12.1 Å². The number of aryl methyl sites for hydroxylation is 1. The van der Waals surface area contributed by atoms with E-state index in [1.807, 2.05) is 20.0 Å². The maximum atomic E-state index is 13.5. The Bertz CT molecular complexity index is 537. The molecule has 2 aromatic rings. The lowest BCUT2D eigenvalue weighted by Crippen LogP contribution is -2.08. The number of rotatable bonds is 4. The molecule has 0 amide bonds. The molecule has 0 saturated carbocycles. The average molecular weight is 251 g/mol. The van der Waals surface area contributed by atoms with Crippen molar-refractivity contribution in [3.63, 3.8) is 0 Å². The van der Waals surface area contributed by atoms with Crippen LogP contribution in [0.5, 0.6) is 0 Å². The van der Waals surface area contributed by atoms with Gasteiger partial charge in [0.2, 0.25) is 0 Å². The molecule has 1 heterocycles. The van der Waals surface area contributed by atoms with E-state index >= 15 is 0 Å². The van der Waals surface area contributed by atoms with Gasteiger partial charge in [0.15, 0.2) is 11.6 Å². The molecule has 0 saturated heterocycles. The first kappa shape index (κ1) is 12.5. The summed E-state index contributed by atoms with van der Waals surface area (Å²) in [5.74, 6) is -1.70. The predicted octanol–water partition coefficient (Wildman–Crippen LogP) is 3.35. The SMILES string of the molecule is CCn1cc(C(C)Nc2cccc(F)c2F)cn1. The van der Waals surface area contributed by atoms with E-state index in [1.54, 1.807) is 10.9 Å². The standard InChI is InChI=1S/C13H15F2N3/c1-3-18-8-10(7-16-18)9(2)17-12-6-4-5-11(14)13(12)15/h4-9,17H,3H2,1-2H3. The molecule has 3 nitrogen and oxygen atoms in total. The summed E-state index contributed by atoms with van der Waals surface area (Å²) >= 11 is 0. The summed E-state index contributed by atoms with van der Waals surface area (Å²) in [6, 6.07) is 3.95. The zero-order chi connectivity index (χ0) is 13.1. The van der Waals surface area contributed by atoms with Crippen molar-refractivity contribution >= 4 is 5.69 Å². The maximum Gasteiger partial charge on any atom is 0.181 e. The Balaban J connectivity index is 2.15. The van der Waals surface area contributed by atoms with Crippen LogP contribution in [-0.4, -0.2) is 9.78 Å². The number of anilines is 1. The monoisotopic (exact) mass is 251 g/mol. The van der Waals surface area contributed by atoms with Gasteiger partial charge >= 0.3 is 0 Å². The van der Waals surface area contributed by atoms with Gasteiger partial charge in [-0.1, -0.05) is 6.07 Å². The molecular formula is C13H15F2N3. The molecule has 18 heavy (non-hydrogen) atoms. The van der Waals surface area contributed by atoms with Crippen LogP contribution in [0, 0.1) is 11.6 Å². The Labute approximate surface area is 104 Å². The third kappa shape index (κ3) is 2.50. The highest BCUT2D eigenvalue weighted by atomic mass is 19.2. The first-order valence-electron chi connectivity index (χ1n) is 5.84. The van der Waals surface area contributed by atoms with Gasteiger partial charge < -0.3 is 5.32 Å². The second kappa shape index (κ2) is 5.16. The molecule has 2 rings (SSSR count). The molecule has 5 heteroatoms. The summed E-state index contributed by atoms with van der Waals surface area (Å²) in [7, 11) is 0. The largest absolute Gasteiger partial charge is 0.376 e. The fourth-order valence-electron chi connectivity index (χ4n) is 1.71. The smallest absolute Gasteiger partial charge is 0.181 e. The van der Waals surface area contributed by atoms with Crippen LogP contribution in [0.25, 0.3) is 0 Å². The predicted molar refractivity (Wildman–Crippen MR) is 66.3 cm³/mol. The lowest BCUT2D eigenvalue weighted by Gasteiger charge is -2.14. The fourth-order valence-corrected chi connectivity index (χ4v) is 1.71. The van der Waals surface area contributed by atoms with E-state index < -0.39 is 11.6 Å². The highest BCUT2D eigenvalue weighted by molar-refractivity contribution is 5.46. The summed E-state index contributed by atoms with van der Waals surface area (Å²) in [5.41, 5.74) is 1.09. The number of halogens is 2. The van der Waals surface area contributed by atoms with Gasteiger partial charge in [-0.2, -0.15) is 5.10 Å². The third-order valence-corrected chi connectivity index (χ3v) is 2.80. The van der Waals surface area contributed by atoms with Gasteiger partial charge in [0.1, 0.15) is 0 Å². The molecule has 0 spiro atoms. The van der Waals surface area contributed by atoms with Gasteiger partial charge in [-0.05, 0) is 26.0 Å². The Morgan fingerprint density at radius 1 is 1.39 bits per heavy atom. The van der Waals surface area contributed by atoms with Gasteiger partial charge in [0, 0.05) is 18.3 Å². The van der Waals surface area contributed by atoms with Crippen LogP contribution < -0.4 is 5.32 Å². The van der Waals surface area contributed by atoms with E-state index in [2.05, 4.69) is 10.4 Å². The molecule has 0 bridgehead atoms. The molecule has 0 radical (unpaired) electrons. The zero-order valence-corrected chi connectivity index (χ0v) is 10.3. The van der Waals surface area contributed by atoms with Gasteiger partial charge in [0.05, 0.1) is 17.9 Å². The minimum absolute atomic E-state index is 0.137. The number of nitrogens with one attached hydrogen (secondary N) is 1. The van der Waals surface area contributed by atoms with Crippen LogP contribution in [-0.2, 0) is 6.54 Å². The molecule has 0 fully saturated rings. The molecule has 0 aliphatic carbocycles. The Morgan fingerprint density at radius 3 is 2.83 bits per heavy atom. The number of aromatic nitrogens is 2. The van der Waals surface area contributed by atoms with E-state index in [4.69, 9.17) is 0 Å². The van der Waals surface area contributed by atoms with Gasteiger partial charge in [-0.3, -0.25) is 4.68 Å². The van der Waals surface area contributed by atoms with Crippen molar-refractivity contribution in [2.45, 2.75) is 26.4 Å². The minimum Gasteiger partial charge on any atom is -0.376 e. The van der Waals surface area contributed by atoms with Crippen molar-refractivity contribution in [2.24, 2.45) is 0 Å². The van der Waals surface area contributed by atoms with Gasteiger partial charge in [-0.15, -0.1) is 0 Å². The third-order valence-electron chi connectivity index (χ3n) is 2.80. The first-order valence-corrected chi connectivity index (χ1v) is 5.84. The molecule has 1 N–H and O–H groups in total. The molecule has 1 unspecified atom stereocenters. The minimum atomic E-state index is -0.854. The van der Waals surface area contributed by atoms with Gasteiger partial charge in [-0.25, -0.2) is 8.78 Å². The number of hydrogen-bond donors (Lipinski definition) is 1. The molecule has 1 aromatic heterocycles. The Kier molecular flexibility index (Phi) is 3.60. The van der Waals surface area contributed by atoms with Crippen LogP contribution in [0.4, 0.5) is 14.5 Å². The van der Waals surface area contributed by atoms with Crippen LogP contribution in [0.15, 0.2) is 30.6 Å². The molecule has 1 atom stereocenters. The van der Waals surface area contributed by atoms with Crippen molar-refractivity contribution in [3.8, 4) is 0 Å². The topological polar surface area (TPSA) is 29.9 Å². The highest BCUT2D eigenvalue weighted by Gasteiger charge is 2.12. The lowest BCUT2D eigenvalue weighted by atomic mass is 10.2. The van der Waals surface area contributed by atoms with E-state index in [0.29, 0.717) is 0 Å². The van der Waals surface area contributed by atoms with Crippen molar-refractivity contribution in [1.29, 1.82) is 0 Å². The van der Waals surface area contributed by atoms with E-state index in [-0.39, 0.29) is 11.7 Å². The lowest BCUT2D eigenvalue weighted by molar-refractivity contribution is 0.510. The molecule has 96 valence electrons. The van der Waals surface area contributed by atoms with E-state index in [0.717, 1.165) is 18.2 Å². The molecule has 1 aromatic carbocycles. The Morgan fingerprint density at radius 2 is 2.17 bits per heavy atom. The van der Waals surface area contributed by atoms with Crippen LogP contribution in [0.1, 0.15) is 25.5 Å². The average Bonchev–Trinajstić information content (AvgIpc) is 2.83.